The molecule has 0 heterocycles. The largest absolute Gasteiger partial charge is 0.314 e. The van der Waals surface area contributed by atoms with E-state index in [0.29, 0.717) is 11.8 Å². The second kappa shape index (κ2) is 3.94. The average molecular weight is 145 g/mol. The summed E-state index contributed by atoms with van der Waals surface area (Å²) in [4.78, 5) is 0. The van der Waals surface area contributed by atoms with Crippen LogP contribution in [0.1, 0.15) is 27.7 Å². The van der Waals surface area contributed by atoms with Gasteiger partial charge >= 0.3 is 0 Å². The van der Waals surface area contributed by atoms with Gasteiger partial charge < -0.3 is 5.21 Å². The van der Waals surface area contributed by atoms with Crippen molar-refractivity contribution >= 4 is 0 Å². The van der Waals surface area contributed by atoms with Crippen LogP contribution in [0, 0.1) is 11.8 Å². The molecule has 0 aliphatic carbocycles. The minimum Gasteiger partial charge on any atom is -0.314 e. The van der Waals surface area contributed by atoms with E-state index in [9.17, 15) is 5.21 Å². The first-order valence-corrected chi connectivity index (χ1v) is 3.88. The lowest BCUT2D eigenvalue weighted by molar-refractivity contribution is -0.128. The van der Waals surface area contributed by atoms with Gasteiger partial charge in [0.25, 0.3) is 0 Å². The quantitative estimate of drug-likeness (QED) is 0.614. The molecule has 0 fully saturated rings. The van der Waals surface area contributed by atoms with Crippen molar-refractivity contribution in [1.82, 2.24) is 5.06 Å². The van der Waals surface area contributed by atoms with Crippen LogP contribution in [-0.4, -0.2) is 23.4 Å². The Hall–Kier alpha value is -0.0800. The third-order valence-electron chi connectivity index (χ3n) is 1.80. The highest BCUT2D eigenvalue weighted by Gasteiger charge is 2.20. The topological polar surface area (TPSA) is 23.5 Å². The van der Waals surface area contributed by atoms with Gasteiger partial charge in [-0.2, -0.15) is 5.06 Å². The van der Waals surface area contributed by atoms with Gasteiger partial charge in [-0.25, -0.2) is 0 Å². The standard InChI is InChI=1S/C8H19NO/c1-6(2)8(7(3)4)9(5)10/h6-8,10H,1-5H3. The van der Waals surface area contributed by atoms with Crippen molar-refractivity contribution in [1.29, 1.82) is 0 Å². The Morgan fingerprint density at radius 2 is 1.30 bits per heavy atom. The number of hydroxylamine groups is 2. The lowest BCUT2D eigenvalue weighted by Gasteiger charge is -2.29. The van der Waals surface area contributed by atoms with Crippen LogP contribution in [0.5, 0.6) is 0 Å². The van der Waals surface area contributed by atoms with E-state index in [1.807, 2.05) is 0 Å². The maximum absolute atomic E-state index is 9.19. The molecule has 0 saturated heterocycles. The summed E-state index contributed by atoms with van der Waals surface area (Å²) < 4.78 is 0. The zero-order chi connectivity index (χ0) is 8.31. The summed E-state index contributed by atoms with van der Waals surface area (Å²) in [6.07, 6.45) is 0. The van der Waals surface area contributed by atoms with Crippen molar-refractivity contribution in [2.45, 2.75) is 33.7 Å². The second-order valence-corrected chi connectivity index (χ2v) is 3.55. The van der Waals surface area contributed by atoms with E-state index in [2.05, 4.69) is 27.7 Å². The summed E-state index contributed by atoms with van der Waals surface area (Å²) in [5, 5.41) is 10.5. The van der Waals surface area contributed by atoms with Gasteiger partial charge in [0.05, 0.1) is 0 Å². The third kappa shape index (κ3) is 2.67. The maximum atomic E-state index is 9.19. The van der Waals surface area contributed by atoms with Gasteiger partial charge in [0.1, 0.15) is 0 Å². The van der Waals surface area contributed by atoms with Gasteiger partial charge in [-0.15, -0.1) is 0 Å². The Morgan fingerprint density at radius 3 is 1.30 bits per heavy atom. The molecule has 0 amide bonds. The molecule has 2 nitrogen and oxygen atoms in total. The molecule has 0 saturated carbocycles. The number of hydrogen-bond acceptors (Lipinski definition) is 2. The fourth-order valence-electron chi connectivity index (χ4n) is 1.63. The van der Waals surface area contributed by atoms with Crippen LogP contribution in [0.3, 0.4) is 0 Å². The van der Waals surface area contributed by atoms with Crippen LogP contribution in [0.15, 0.2) is 0 Å². The minimum atomic E-state index is 0.278. The third-order valence-corrected chi connectivity index (χ3v) is 1.80. The summed E-state index contributed by atoms with van der Waals surface area (Å²) in [6, 6.07) is 0.278. The maximum Gasteiger partial charge on any atom is 0.0392 e. The Bertz CT molecular complexity index is 70.2. The molecule has 62 valence electrons. The summed E-state index contributed by atoms with van der Waals surface area (Å²) in [5.74, 6) is 1.02. The fraction of sp³-hybridized carbons (Fsp3) is 1.00. The van der Waals surface area contributed by atoms with E-state index in [1.54, 1.807) is 7.05 Å². The lowest BCUT2D eigenvalue weighted by Crippen LogP contribution is -2.37. The first-order valence-electron chi connectivity index (χ1n) is 3.88. The predicted molar refractivity (Wildman–Crippen MR) is 43.0 cm³/mol. The SMILES string of the molecule is CC(C)C(C(C)C)N(C)O. The zero-order valence-electron chi connectivity index (χ0n) is 7.63. The van der Waals surface area contributed by atoms with Crippen molar-refractivity contribution in [3.05, 3.63) is 0 Å². The first-order chi connectivity index (χ1) is 4.46. The molecule has 0 unspecified atom stereocenters. The molecule has 10 heavy (non-hydrogen) atoms. The van der Waals surface area contributed by atoms with Crippen molar-refractivity contribution < 1.29 is 5.21 Å². The number of nitrogens with zero attached hydrogens (tertiary/aromatic N) is 1. The van der Waals surface area contributed by atoms with Crippen LogP contribution in [-0.2, 0) is 0 Å². The van der Waals surface area contributed by atoms with E-state index >= 15 is 0 Å². The number of rotatable bonds is 3. The average Bonchev–Trinajstić information content (AvgIpc) is 1.59. The van der Waals surface area contributed by atoms with Crippen molar-refractivity contribution in [2.24, 2.45) is 11.8 Å². The smallest absolute Gasteiger partial charge is 0.0392 e. The minimum absolute atomic E-state index is 0.278. The van der Waals surface area contributed by atoms with E-state index < -0.39 is 0 Å². The molecule has 0 aromatic carbocycles. The summed E-state index contributed by atoms with van der Waals surface area (Å²) in [5.41, 5.74) is 0. The van der Waals surface area contributed by atoms with E-state index in [4.69, 9.17) is 0 Å². The van der Waals surface area contributed by atoms with Crippen molar-refractivity contribution in [3.63, 3.8) is 0 Å². The van der Waals surface area contributed by atoms with E-state index in [1.165, 1.54) is 5.06 Å². The summed E-state index contributed by atoms with van der Waals surface area (Å²) in [7, 11) is 1.71. The highest BCUT2D eigenvalue weighted by atomic mass is 16.5. The molecule has 0 aliphatic heterocycles. The van der Waals surface area contributed by atoms with Gasteiger partial charge in [0.15, 0.2) is 0 Å². The molecule has 0 aromatic rings. The van der Waals surface area contributed by atoms with Crippen LogP contribution in [0.25, 0.3) is 0 Å². The van der Waals surface area contributed by atoms with Gasteiger partial charge in [-0.3, -0.25) is 0 Å². The first kappa shape index (κ1) is 9.92. The Labute approximate surface area is 63.8 Å². The molecule has 0 bridgehead atoms. The van der Waals surface area contributed by atoms with Crippen LogP contribution >= 0.6 is 0 Å². The normalized spacial score (nSPS) is 12.6. The molecule has 0 atom stereocenters. The van der Waals surface area contributed by atoms with Gasteiger partial charge in [0.2, 0.25) is 0 Å². The molecule has 0 aromatic heterocycles. The molecule has 2 heteroatoms. The van der Waals surface area contributed by atoms with Crippen LogP contribution < -0.4 is 0 Å². The van der Waals surface area contributed by atoms with Crippen molar-refractivity contribution in [3.8, 4) is 0 Å². The van der Waals surface area contributed by atoms with E-state index in [-0.39, 0.29) is 6.04 Å². The Kier molecular flexibility index (Phi) is 3.91. The molecular weight excluding hydrogens is 126 g/mol. The van der Waals surface area contributed by atoms with Crippen LogP contribution in [0.2, 0.25) is 0 Å². The Morgan fingerprint density at radius 1 is 1.00 bits per heavy atom. The van der Waals surface area contributed by atoms with Gasteiger partial charge in [0, 0.05) is 13.1 Å². The van der Waals surface area contributed by atoms with Gasteiger partial charge in [-0.1, -0.05) is 27.7 Å². The van der Waals surface area contributed by atoms with Gasteiger partial charge in [-0.05, 0) is 11.8 Å². The molecule has 0 spiro atoms. The monoisotopic (exact) mass is 145 g/mol. The lowest BCUT2D eigenvalue weighted by atomic mass is 9.93. The zero-order valence-corrected chi connectivity index (χ0v) is 7.63. The highest BCUT2D eigenvalue weighted by molar-refractivity contribution is 4.70. The highest BCUT2D eigenvalue weighted by Crippen LogP contribution is 2.15. The summed E-state index contributed by atoms with van der Waals surface area (Å²) >= 11 is 0. The fourth-order valence-corrected chi connectivity index (χ4v) is 1.63. The Balaban J connectivity index is 3.98. The molecular formula is C8H19NO. The molecule has 0 radical (unpaired) electrons. The number of hydrogen-bond donors (Lipinski definition) is 1. The van der Waals surface area contributed by atoms with E-state index in [0.717, 1.165) is 0 Å². The second-order valence-electron chi connectivity index (χ2n) is 3.55. The molecule has 1 N–H and O–H groups in total. The van der Waals surface area contributed by atoms with Crippen LogP contribution in [0.4, 0.5) is 0 Å². The van der Waals surface area contributed by atoms with Crippen molar-refractivity contribution in [2.75, 3.05) is 7.05 Å². The summed E-state index contributed by atoms with van der Waals surface area (Å²) in [6.45, 7) is 8.49. The molecule has 0 rings (SSSR count). The predicted octanol–water partition coefficient (Wildman–Crippen LogP) is 1.99. The molecule has 0 aliphatic rings.